The highest BCUT2D eigenvalue weighted by molar-refractivity contribution is 7.11. The molecule has 2 fully saturated rings. The van der Waals surface area contributed by atoms with E-state index < -0.39 is 0 Å². The minimum Gasteiger partial charge on any atom is -0.353 e. The van der Waals surface area contributed by atoms with Gasteiger partial charge in [0.1, 0.15) is 5.01 Å². The first-order valence-corrected chi connectivity index (χ1v) is 9.95. The van der Waals surface area contributed by atoms with Gasteiger partial charge in [-0.3, -0.25) is 4.90 Å². The fourth-order valence-corrected chi connectivity index (χ4v) is 4.94. The minimum atomic E-state index is 0.684. The number of rotatable bonds is 4. The van der Waals surface area contributed by atoms with Gasteiger partial charge < -0.3 is 4.90 Å². The monoisotopic (exact) mass is 341 g/mol. The van der Waals surface area contributed by atoms with Gasteiger partial charge in [-0.25, -0.2) is 4.98 Å². The number of thiazole rings is 1. The average molecular weight is 341 g/mol. The molecule has 0 amide bonds. The van der Waals surface area contributed by atoms with Gasteiger partial charge in [-0.15, -0.1) is 16.4 Å². The van der Waals surface area contributed by atoms with Crippen molar-refractivity contribution in [3.8, 4) is 0 Å². The zero-order valence-corrected chi connectivity index (χ0v) is 14.8. The maximum atomic E-state index is 4.84. The van der Waals surface area contributed by atoms with Crippen molar-refractivity contribution in [1.82, 2.24) is 20.1 Å². The second-order valence-corrected chi connectivity index (χ2v) is 8.35. The molecule has 24 heavy (non-hydrogen) atoms. The molecule has 1 saturated carbocycles. The summed E-state index contributed by atoms with van der Waals surface area (Å²) in [6.45, 7) is 5.23. The molecule has 0 N–H and O–H groups in total. The highest BCUT2D eigenvalue weighted by atomic mass is 32.1. The van der Waals surface area contributed by atoms with Gasteiger partial charge in [0.25, 0.3) is 0 Å². The molecule has 2 aliphatic carbocycles. The van der Waals surface area contributed by atoms with Crippen LogP contribution in [0.2, 0.25) is 0 Å². The highest BCUT2D eigenvalue weighted by Crippen LogP contribution is 2.38. The van der Waals surface area contributed by atoms with Crippen molar-refractivity contribution in [2.75, 3.05) is 31.1 Å². The van der Waals surface area contributed by atoms with Crippen molar-refractivity contribution >= 4 is 17.2 Å². The Hall–Kier alpha value is -1.53. The number of nitrogens with zero attached hydrogens (tertiary/aromatic N) is 5. The maximum absolute atomic E-state index is 4.84. The molecule has 5 rings (SSSR count). The molecular weight excluding hydrogens is 318 g/mol. The zero-order valence-electron chi connectivity index (χ0n) is 13.9. The van der Waals surface area contributed by atoms with E-state index in [0.29, 0.717) is 5.92 Å². The largest absolute Gasteiger partial charge is 0.353 e. The topological polar surface area (TPSA) is 45.2 Å². The number of fused-ring (bicyclic) bond motifs is 1. The van der Waals surface area contributed by atoms with E-state index in [2.05, 4.69) is 32.1 Å². The molecule has 6 heteroatoms. The first kappa shape index (κ1) is 14.8. The molecule has 0 atom stereocenters. The minimum absolute atomic E-state index is 0.684. The lowest BCUT2D eigenvalue weighted by molar-refractivity contribution is 0.248. The molecular formula is C18H23N5S. The van der Waals surface area contributed by atoms with Crippen LogP contribution in [0.4, 0.5) is 5.82 Å². The van der Waals surface area contributed by atoms with Crippen LogP contribution in [-0.4, -0.2) is 46.3 Å². The highest BCUT2D eigenvalue weighted by Gasteiger charge is 2.26. The van der Waals surface area contributed by atoms with Crippen LogP contribution in [0.1, 0.15) is 46.5 Å². The summed E-state index contributed by atoms with van der Waals surface area (Å²) >= 11 is 1.93. The molecule has 0 unspecified atom stereocenters. The smallest absolute Gasteiger partial charge is 0.151 e. The molecule has 1 saturated heterocycles. The van der Waals surface area contributed by atoms with Crippen LogP contribution in [-0.2, 0) is 19.4 Å². The van der Waals surface area contributed by atoms with Gasteiger partial charge in [-0.2, -0.15) is 5.10 Å². The van der Waals surface area contributed by atoms with Crippen molar-refractivity contribution < 1.29 is 0 Å². The first-order valence-electron chi connectivity index (χ1n) is 9.13. The predicted octanol–water partition coefficient (Wildman–Crippen LogP) is 2.62. The van der Waals surface area contributed by atoms with Crippen molar-refractivity contribution in [2.45, 2.75) is 44.6 Å². The molecule has 126 valence electrons. The fourth-order valence-electron chi connectivity index (χ4n) is 3.74. The lowest BCUT2D eigenvalue weighted by atomic mass is 10.2. The van der Waals surface area contributed by atoms with Crippen molar-refractivity contribution in [2.24, 2.45) is 0 Å². The Labute approximate surface area is 146 Å². The average Bonchev–Trinajstić information content (AvgIpc) is 3.26. The Morgan fingerprint density at radius 1 is 1.04 bits per heavy atom. The van der Waals surface area contributed by atoms with E-state index in [-0.39, 0.29) is 0 Å². The third kappa shape index (κ3) is 2.93. The third-order valence-electron chi connectivity index (χ3n) is 5.36. The Balaban J connectivity index is 1.17. The van der Waals surface area contributed by atoms with Crippen molar-refractivity contribution in [1.29, 1.82) is 0 Å². The van der Waals surface area contributed by atoms with Crippen molar-refractivity contribution in [3.05, 3.63) is 33.4 Å². The zero-order chi connectivity index (χ0) is 15.9. The predicted molar refractivity (Wildman–Crippen MR) is 95.6 cm³/mol. The molecule has 0 radical (unpaired) electrons. The number of aryl methyl sites for hydroxylation is 2. The molecule has 1 aliphatic heterocycles. The third-order valence-corrected chi connectivity index (χ3v) is 6.50. The quantitative estimate of drug-likeness (QED) is 0.855. The second kappa shape index (κ2) is 6.08. The lowest BCUT2D eigenvalue weighted by Gasteiger charge is -2.34. The molecule has 2 aromatic rings. The van der Waals surface area contributed by atoms with Crippen LogP contribution in [0.3, 0.4) is 0 Å². The number of anilines is 1. The van der Waals surface area contributed by atoms with E-state index in [1.54, 1.807) is 0 Å². The summed E-state index contributed by atoms with van der Waals surface area (Å²) in [5, 5.41) is 10.2. The molecule has 0 bridgehead atoms. The summed E-state index contributed by atoms with van der Waals surface area (Å²) in [6, 6.07) is 4.32. The number of hydrogen-bond acceptors (Lipinski definition) is 6. The summed E-state index contributed by atoms with van der Waals surface area (Å²) in [5.74, 6) is 1.72. The van der Waals surface area contributed by atoms with E-state index in [4.69, 9.17) is 4.98 Å². The first-order chi connectivity index (χ1) is 11.8. The second-order valence-electron chi connectivity index (χ2n) is 7.18. The lowest BCUT2D eigenvalue weighted by Crippen LogP contribution is -2.46. The summed E-state index contributed by atoms with van der Waals surface area (Å²) < 4.78 is 0. The van der Waals surface area contributed by atoms with Crippen LogP contribution in [0.25, 0.3) is 0 Å². The van der Waals surface area contributed by atoms with Crippen LogP contribution in [0.5, 0.6) is 0 Å². The molecule has 0 spiro atoms. The van der Waals surface area contributed by atoms with Crippen LogP contribution in [0, 0.1) is 0 Å². The van der Waals surface area contributed by atoms with E-state index in [1.807, 2.05) is 11.3 Å². The molecule has 2 aromatic heterocycles. The van der Waals surface area contributed by atoms with Gasteiger partial charge in [-0.05, 0) is 44.2 Å². The molecule has 3 heterocycles. The Bertz CT molecular complexity index is 692. The van der Waals surface area contributed by atoms with E-state index in [1.165, 1.54) is 53.4 Å². The molecule has 3 aliphatic rings. The maximum Gasteiger partial charge on any atom is 0.151 e. The number of piperazine rings is 1. The van der Waals surface area contributed by atoms with Crippen LogP contribution in [0.15, 0.2) is 12.1 Å². The van der Waals surface area contributed by atoms with Gasteiger partial charge in [0.2, 0.25) is 0 Å². The van der Waals surface area contributed by atoms with Gasteiger partial charge in [0, 0.05) is 37.0 Å². The van der Waals surface area contributed by atoms with Gasteiger partial charge in [0.15, 0.2) is 5.82 Å². The van der Waals surface area contributed by atoms with Gasteiger partial charge in [-0.1, -0.05) is 0 Å². The Morgan fingerprint density at radius 2 is 1.92 bits per heavy atom. The summed E-state index contributed by atoms with van der Waals surface area (Å²) in [5.41, 5.74) is 2.55. The summed E-state index contributed by atoms with van der Waals surface area (Å²) in [4.78, 5) is 11.3. The van der Waals surface area contributed by atoms with Gasteiger partial charge in [0.05, 0.1) is 17.9 Å². The Morgan fingerprint density at radius 3 is 2.62 bits per heavy atom. The fraction of sp³-hybridized carbons (Fsp3) is 0.611. The van der Waals surface area contributed by atoms with Crippen LogP contribution < -0.4 is 4.90 Å². The SMILES string of the molecule is c1cc(N2CCN(Cc3nc4c(s3)CCC4)CC2)nnc1C1CC1. The van der Waals surface area contributed by atoms with Gasteiger partial charge >= 0.3 is 0 Å². The number of hydrogen-bond donors (Lipinski definition) is 0. The normalized spacial score (nSPS) is 21.2. The van der Waals surface area contributed by atoms with E-state index >= 15 is 0 Å². The summed E-state index contributed by atoms with van der Waals surface area (Å²) in [7, 11) is 0. The number of aromatic nitrogens is 3. The van der Waals surface area contributed by atoms with E-state index in [9.17, 15) is 0 Å². The summed E-state index contributed by atoms with van der Waals surface area (Å²) in [6.07, 6.45) is 6.30. The standard InChI is InChI=1S/C18H23N5S/c1-2-15-16(3-1)24-18(19-15)12-22-8-10-23(11-9-22)17-7-6-14(20-21-17)13-4-5-13/h6-7,13H,1-5,8-12H2. The van der Waals surface area contributed by atoms with Crippen LogP contribution >= 0.6 is 11.3 Å². The van der Waals surface area contributed by atoms with Crippen molar-refractivity contribution in [3.63, 3.8) is 0 Å². The Kier molecular flexibility index (Phi) is 3.74. The molecule has 0 aromatic carbocycles. The van der Waals surface area contributed by atoms with E-state index in [0.717, 1.165) is 38.5 Å². The molecule has 5 nitrogen and oxygen atoms in total.